The van der Waals surface area contributed by atoms with Gasteiger partial charge in [0.15, 0.2) is 5.75 Å². The van der Waals surface area contributed by atoms with E-state index >= 15 is 0 Å². The lowest BCUT2D eigenvalue weighted by molar-refractivity contribution is -0.385. The number of hydrogen-bond acceptors (Lipinski definition) is 5. The van der Waals surface area contributed by atoms with E-state index in [-0.39, 0.29) is 22.9 Å². The standard InChI is InChI=1S/C12H14N2O3S/c1-2-9(8-18)7-17-12-4-3-10(6-13)5-11(12)14(15)16/h3-5,9,18H,2,7-8H2,1H3. The van der Waals surface area contributed by atoms with Gasteiger partial charge in [0, 0.05) is 12.0 Å². The van der Waals surface area contributed by atoms with Crippen molar-refractivity contribution in [1.82, 2.24) is 0 Å². The highest BCUT2D eigenvalue weighted by Crippen LogP contribution is 2.28. The molecule has 0 saturated carbocycles. The number of rotatable bonds is 6. The van der Waals surface area contributed by atoms with E-state index in [2.05, 4.69) is 12.6 Å². The maximum Gasteiger partial charge on any atom is 0.312 e. The lowest BCUT2D eigenvalue weighted by Gasteiger charge is -2.13. The summed E-state index contributed by atoms with van der Waals surface area (Å²) < 4.78 is 5.44. The van der Waals surface area contributed by atoms with Gasteiger partial charge in [0.2, 0.25) is 0 Å². The van der Waals surface area contributed by atoms with Crippen LogP contribution in [0.1, 0.15) is 18.9 Å². The second kappa shape index (κ2) is 6.87. The largest absolute Gasteiger partial charge is 0.486 e. The minimum atomic E-state index is -0.544. The van der Waals surface area contributed by atoms with Crippen LogP contribution in [0, 0.1) is 27.4 Å². The fraction of sp³-hybridized carbons (Fsp3) is 0.417. The average Bonchev–Trinajstić information content (AvgIpc) is 2.39. The predicted octanol–water partition coefficient (Wildman–Crippen LogP) is 2.80. The van der Waals surface area contributed by atoms with E-state index in [0.717, 1.165) is 6.42 Å². The van der Waals surface area contributed by atoms with Crippen LogP contribution in [-0.2, 0) is 0 Å². The molecule has 0 bridgehead atoms. The van der Waals surface area contributed by atoms with Gasteiger partial charge in [-0.3, -0.25) is 10.1 Å². The molecule has 1 unspecified atom stereocenters. The smallest absolute Gasteiger partial charge is 0.312 e. The van der Waals surface area contributed by atoms with Crippen LogP contribution >= 0.6 is 12.6 Å². The summed E-state index contributed by atoms with van der Waals surface area (Å²) >= 11 is 4.18. The third kappa shape index (κ3) is 3.64. The molecule has 0 aliphatic carbocycles. The predicted molar refractivity (Wildman–Crippen MR) is 70.9 cm³/mol. The second-order valence-electron chi connectivity index (χ2n) is 3.82. The monoisotopic (exact) mass is 266 g/mol. The number of thiol groups is 1. The first-order valence-electron chi connectivity index (χ1n) is 5.54. The lowest BCUT2D eigenvalue weighted by Crippen LogP contribution is -2.13. The number of ether oxygens (including phenoxy) is 1. The maximum atomic E-state index is 10.9. The van der Waals surface area contributed by atoms with Gasteiger partial charge in [0.25, 0.3) is 0 Å². The molecule has 18 heavy (non-hydrogen) atoms. The highest BCUT2D eigenvalue weighted by molar-refractivity contribution is 7.80. The second-order valence-corrected chi connectivity index (χ2v) is 4.18. The summed E-state index contributed by atoms with van der Waals surface area (Å²) in [5.41, 5.74) is 0.0679. The van der Waals surface area contributed by atoms with Gasteiger partial charge in [0.05, 0.1) is 23.2 Å². The van der Waals surface area contributed by atoms with Gasteiger partial charge >= 0.3 is 5.69 Å². The van der Waals surface area contributed by atoms with Crippen molar-refractivity contribution in [1.29, 1.82) is 5.26 Å². The molecule has 0 aliphatic rings. The fourth-order valence-corrected chi connectivity index (χ4v) is 1.72. The van der Waals surface area contributed by atoms with Crippen molar-refractivity contribution in [3.05, 3.63) is 33.9 Å². The molecule has 0 saturated heterocycles. The molecule has 0 radical (unpaired) electrons. The van der Waals surface area contributed by atoms with E-state index < -0.39 is 4.92 Å². The van der Waals surface area contributed by atoms with E-state index in [9.17, 15) is 10.1 Å². The summed E-state index contributed by atoms with van der Waals surface area (Å²) in [7, 11) is 0. The number of nitro groups is 1. The molecular weight excluding hydrogens is 252 g/mol. The molecule has 96 valence electrons. The van der Waals surface area contributed by atoms with E-state index in [0.29, 0.717) is 12.4 Å². The van der Waals surface area contributed by atoms with Crippen LogP contribution < -0.4 is 4.74 Å². The van der Waals surface area contributed by atoms with Crippen LogP contribution in [0.25, 0.3) is 0 Å². The van der Waals surface area contributed by atoms with Gasteiger partial charge in [-0.2, -0.15) is 17.9 Å². The maximum absolute atomic E-state index is 10.9. The number of benzene rings is 1. The Balaban J connectivity index is 2.88. The molecule has 1 aromatic carbocycles. The summed E-state index contributed by atoms with van der Waals surface area (Å²) in [5.74, 6) is 1.11. The van der Waals surface area contributed by atoms with Gasteiger partial charge in [-0.05, 0) is 24.3 Å². The molecule has 6 heteroatoms. The number of nitrogens with zero attached hydrogens (tertiary/aromatic N) is 2. The molecule has 0 heterocycles. The third-order valence-electron chi connectivity index (χ3n) is 2.59. The number of nitriles is 1. The minimum Gasteiger partial charge on any atom is -0.486 e. The van der Waals surface area contributed by atoms with Crippen molar-refractivity contribution < 1.29 is 9.66 Å². The summed E-state index contributed by atoms with van der Waals surface area (Å²) in [4.78, 5) is 10.3. The Morgan fingerprint density at radius 2 is 2.33 bits per heavy atom. The van der Waals surface area contributed by atoms with Crippen LogP contribution in [0.4, 0.5) is 5.69 Å². The highest BCUT2D eigenvalue weighted by atomic mass is 32.1. The Morgan fingerprint density at radius 1 is 1.61 bits per heavy atom. The summed E-state index contributed by atoms with van der Waals surface area (Å²) in [6.45, 7) is 2.39. The zero-order valence-corrected chi connectivity index (χ0v) is 10.9. The van der Waals surface area contributed by atoms with Gasteiger partial charge in [-0.15, -0.1) is 0 Å². The van der Waals surface area contributed by atoms with Gasteiger partial charge in [-0.25, -0.2) is 0 Å². The number of nitro benzene ring substituents is 1. The minimum absolute atomic E-state index is 0.178. The average molecular weight is 266 g/mol. The van der Waals surface area contributed by atoms with Crippen LogP contribution in [0.15, 0.2) is 18.2 Å². The molecule has 1 aromatic rings. The molecule has 0 spiro atoms. The van der Waals surface area contributed by atoms with Crippen molar-refractivity contribution >= 4 is 18.3 Å². The SMILES string of the molecule is CCC(CS)COc1ccc(C#N)cc1[N+](=O)[O-]. The van der Waals surface area contributed by atoms with E-state index in [1.165, 1.54) is 18.2 Å². The Labute approximate surface area is 111 Å². The molecular formula is C12H14N2O3S. The number of hydrogen-bond donors (Lipinski definition) is 1. The van der Waals surface area contributed by atoms with E-state index in [4.69, 9.17) is 10.00 Å². The highest BCUT2D eigenvalue weighted by Gasteiger charge is 2.17. The molecule has 0 aromatic heterocycles. The summed E-state index contributed by atoms with van der Waals surface area (Å²) in [6, 6.07) is 6.05. The molecule has 0 fully saturated rings. The first-order chi connectivity index (χ1) is 8.62. The lowest BCUT2D eigenvalue weighted by atomic mass is 10.1. The van der Waals surface area contributed by atoms with Gasteiger partial charge in [-0.1, -0.05) is 6.92 Å². The Bertz CT molecular complexity index is 467. The van der Waals surface area contributed by atoms with Crippen LogP contribution in [0.5, 0.6) is 5.75 Å². The molecule has 1 atom stereocenters. The normalized spacial score (nSPS) is 11.6. The van der Waals surface area contributed by atoms with Crippen molar-refractivity contribution in [2.24, 2.45) is 5.92 Å². The van der Waals surface area contributed by atoms with Crippen molar-refractivity contribution in [2.45, 2.75) is 13.3 Å². The quantitative estimate of drug-likeness (QED) is 0.488. The zero-order chi connectivity index (χ0) is 13.5. The Kier molecular flexibility index (Phi) is 5.46. The zero-order valence-electron chi connectivity index (χ0n) is 10.00. The van der Waals surface area contributed by atoms with Crippen molar-refractivity contribution in [3.63, 3.8) is 0 Å². The molecule has 0 amide bonds. The van der Waals surface area contributed by atoms with Crippen LogP contribution in [-0.4, -0.2) is 17.3 Å². The third-order valence-corrected chi connectivity index (χ3v) is 3.11. The first kappa shape index (κ1) is 14.3. The van der Waals surface area contributed by atoms with Crippen LogP contribution in [0.3, 0.4) is 0 Å². The van der Waals surface area contributed by atoms with Gasteiger partial charge < -0.3 is 4.74 Å². The van der Waals surface area contributed by atoms with Gasteiger partial charge in [0.1, 0.15) is 0 Å². The Morgan fingerprint density at radius 3 is 2.83 bits per heavy atom. The topological polar surface area (TPSA) is 76.2 Å². The fourth-order valence-electron chi connectivity index (χ4n) is 1.36. The Hall–Kier alpha value is -1.74. The first-order valence-corrected chi connectivity index (χ1v) is 6.17. The summed E-state index contributed by atoms with van der Waals surface area (Å²) in [5, 5.41) is 19.6. The van der Waals surface area contributed by atoms with Crippen molar-refractivity contribution in [3.8, 4) is 11.8 Å². The van der Waals surface area contributed by atoms with E-state index in [1.54, 1.807) is 0 Å². The van der Waals surface area contributed by atoms with Crippen molar-refractivity contribution in [2.75, 3.05) is 12.4 Å². The molecule has 5 nitrogen and oxygen atoms in total. The van der Waals surface area contributed by atoms with Crippen LogP contribution in [0.2, 0.25) is 0 Å². The molecule has 0 N–H and O–H groups in total. The van der Waals surface area contributed by atoms with E-state index in [1.807, 2.05) is 13.0 Å². The molecule has 1 rings (SSSR count). The summed E-state index contributed by atoms with van der Waals surface area (Å²) in [6.07, 6.45) is 0.896. The molecule has 0 aliphatic heterocycles.